The van der Waals surface area contributed by atoms with E-state index in [4.69, 9.17) is 0 Å². The molecule has 2 amide bonds. The van der Waals surface area contributed by atoms with Crippen LogP contribution in [0.15, 0.2) is 47.4 Å². The van der Waals surface area contributed by atoms with Crippen LogP contribution < -0.4 is 5.32 Å². The van der Waals surface area contributed by atoms with Crippen LogP contribution in [-0.2, 0) is 17.1 Å². The average Bonchev–Trinajstić information content (AvgIpc) is 2.64. The molecule has 162 valence electrons. The van der Waals surface area contributed by atoms with Gasteiger partial charge in [0.2, 0.25) is 5.91 Å². The molecule has 0 bridgehead atoms. The summed E-state index contributed by atoms with van der Waals surface area (Å²) in [6.07, 6.45) is -10.1. The van der Waals surface area contributed by atoms with E-state index in [0.717, 1.165) is 11.8 Å². The second kappa shape index (κ2) is 8.99. The van der Waals surface area contributed by atoms with Crippen molar-refractivity contribution in [3.63, 3.8) is 0 Å². The van der Waals surface area contributed by atoms with E-state index in [0.29, 0.717) is 17.0 Å². The molecule has 0 aliphatic heterocycles. The van der Waals surface area contributed by atoms with Gasteiger partial charge in [0, 0.05) is 24.7 Å². The minimum absolute atomic E-state index is 0.000919. The first kappa shape index (κ1) is 23.6. The number of rotatable bonds is 5. The fourth-order valence-corrected chi connectivity index (χ4v) is 3.30. The van der Waals surface area contributed by atoms with Crippen LogP contribution in [0.2, 0.25) is 0 Å². The maximum Gasteiger partial charge on any atom is 0.416 e. The number of amides is 2. The predicted molar refractivity (Wildman–Crippen MR) is 100 cm³/mol. The molecule has 0 saturated carbocycles. The molecule has 11 heteroatoms. The van der Waals surface area contributed by atoms with Crippen LogP contribution in [0.25, 0.3) is 0 Å². The molecule has 0 unspecified atom stereocenters. The summed E-state index contributed by atoms with van der Waals surface area (Å²) >= 11 is 1.03. The lowest BCUT2D eigenvalue weighted by atomic mass is 10.1. The quantitative estimate of drug-likeness (QED) is 0.506. The Labute approximate surface area is 172 Å². The molecule has 1 N–H and O–H groups in total. The smallest absolute Gasteiger partial charge is 0.348 e. The zero-order valence-electron chi connectivity index (χ0n) is 15.7. The van der Waals surface area contributed by atoms with Gasteiger partial charge in [0.25, 0.3) is 5.91 Å². The van der Waals surface area contributed by atoms with Gasteiger partial charge in [0.05, 0.1) is 22.4 Å². The lowest BCUT2D eigenvalue weighted by Gasteiger charge is -2.15. The Morgan fingerprint density at radius 1 is 0.933 bits per heavy atom. The number of alkyl halides is 6. The molecule has 0 heterocycles. The molecule has 0 fully saturated rings. The highest BCUT2D eigenvalue weighted by atomic mass is 32.2. The number of halogens is 6. The number of hydrogen-bond acceptors (Lipinski definition) is 3. The van der Waals surface area contributed by atoms with E-state index in [9.17, 15) is 35.9 Å². The van der Waals surface area contributed by atoms with E-state index < -0.39 is 35.1 Å². The Balaban J connectivity index is 2.33. The molecule has 0 spiro atoms. The van der Waals surface area contributed by atoms with Gasteiger partial charge in [-0.05, 0) is 30.3 Å². The molecule has 2 aromatic carbocycles. The monoisotopic (exact) mass is 450 g/mol. The first-order valence-electron chi connectivity index (χ1n) is 8.32. The number of carbonyl (C=O) groups is 2. The van der Waals surface area contributed by atoms with Crippen LogP contribution >= 0.6 is 11.8 Å². The van der Waals surface area contributed by atoms with Gasteiger partial charge in [-0.15, -0.1) is 11.8 Å². The number of thioether (sulfide) groups is 1. The zero-order chi connectivity index (χ0) is 22.7. The Kier molecular flexibility index (Phi) is 7.06. The van der Waals surface area contributed by atoms with Crippen molar-refractivity contribution >= 4 is 29.3 Å². The lowest BCUT2D eigenvalue weighted by Crippen LogP contribution is -2.23. The third kappa shape index (κ3) is 6.15. The van der Waals surface area contributed by atoms with Gasteiger partial charge >= 0.3 is 12.4 Å². The largest absolute Gasteiger partial charge is 0.416 e. The van der Waals surface area contributed by atoms with Crippen molar-refractivity contribution in [3.05, 3.63) is 59.2 Å². The first-order chi connectivity index (χ1) is 13.8. The summed E-state index contributed by atoms with van der Waals surface area (Å²) in [4.78, 5) is 26.0. The highest BCUT2D eigenvalue weighted by Crippen LogP contribution is 2.37. The van der Waals surface area contributed by atoms with Crippen molar-refractivity contribution in [2.24, 2.45) is 0 Å². The zero-order valence-corrected chi connectivity index (χ0v) is 16.5. The van der Waals surface area contributed by atoms with Crippen LogP contribution in [-0.4, -0.2) is 36.6 Å². The lowest BCUT2D eigenvalue weighted by molar-refractivity contribution is -0.143. The number of benzene rings is 2. The van der Waals surface area contributed by atoms with Crippen LogP contribution in [0, 0.1) is 0 Å². The molecule has 30 heavy (non-hydrogen) atoms. The van der Waals surface area contributed by atoms with Crippen molar-refractivity contribution in [2.75, 3.05) is 25.2 Å². The maximum absolute atomic E-state index is 13.0. The van der Waals surface area contributed by atoms with Gasteiger partial charge in [-0.3, -0.25) is 9.59 Å². The minimum Gasteiger partial charge on any atom is -0.348 e. The number of hydrogen-bond donors (Lipinski definition) is 1. The number of nitrogens with zero attached hydrogens (tertiary/aromatic N) is 1. The van der Waals surface area contributed by atoms with Gasteiger partial charge in [-0.25, -0.2) is 0 Å². The van der Waals surface area contributed by atoms with Crippen LogP contribution in [0.5, 0.6) is 0 Å². The van der Waals surface area contributed by atoms with Crippen molar-refractivity contribution in [1.29, 1.82) is 0 Å². The minimum atomic E-state index is -5.03. The van der Waals surface area contributed by atoms with Crippen molar-refractivity contribution < 1.29 is 35.9 Å². The Morgan fingerprint density at radius 3 is 1.97 bits per heavy atom. The molecule has 0 aromatic heterocycles. The summed E-state index contributed by atoms with van der Waals surface area (Å²) in [6, 6.07) is 6.79. The second-order valence-electron chi connectivity index (χ2n) is 6.32. The van der Waals surface area contributed by atoms with Gasteiger partial charge in [-0.2, -0.15) is 26.3 Å². The van der Waals surface area contributed by atoms with E-state index in [1.165, 1.54) is 23.1 Å². The highest BCUT2D eigenvalue weighted by Gasteiger charge is 2.37. The van der Waals surface area contributed by atoms with E-state index in [-0.39, 0.29) is 23.3 Å². The molecule has 2 aromatic rings. The molecule has 0 atom stereocenters. The molecule has 0 aliphatic rings. The fourth-order valence-electron chi connectivity index (χ4n) is 2.27. The molecule has 0 saturated heterocycles. The molecule has 2 rings (SSSR count). The molecular weight excluding hydrogens is 434 g/mol. The first-order valence-corrected chi connectivity index (χ1v) is 9.30. The van der Waals surface area contributed by atoms with Gasteiger partial charge in [0.1, 0.15) is 0 Å². The SMILES string of the molecule is CN(C)C(=O)CSc1ccccc1C(=O)Nc1cc(C(F)(F)F)cc(C(F)(F)F)c1. The summed E-state index contributed by atoms with van der Waals surface area (Å²) in [7, 11) is 3.10. The maximum atomic E-state index is 13.0. The summed E-state index contributed by atoms with van der Waals surface area (Å²) < 4.78 is 77.9. The Morgan fingerprint density at radius 2 is 1.47 bits per heavy atom. The second-order valence-corrected chi connectivity index (χ2v) is 7.34. The van der Waals surface area contributed by atoms with E-state index in [1.807, 2.05) is 0 Å². The molecule has 4 nitrogen and oxygen atoms in total. The Bertz CT molecular complexity index is 909. The average molecular weight is 450 g/mol. The Hall–Kier alpha value is -2.69. The topological polar surface area (TPSA) is 49.4 Å². The standard InChI is InChI=1S/C19H16F6N2O2S/c1-27(2)16(28)10-30-15-6-4-3-5-14(15)17(29)26-13-8-11(18(20,21)22)7-12(9-13)19(23,24)25/h3-9H,10H2,1-2H3,(H,26,29). The number of carbonyl (C=O) groups excluding carboxylic acids is 2. The van der Waals surface area contributed by atoms with E-state index >= 15 is 0 Å². The third-order valence-electron chi connectivity index (χ3n) is 3.83. The van der Waals surface area contributed by atoms with Crippen molar-refractivity contribution in [2.45, 2.75) is 17.2 Å². The summed E-state index contributed by atoms with van der Waals surface area (Å²) in [5.41, 5.74) is -3.70. The van der Waals surface area contributed by atoms with Crippen molar-refractivity contribution in [1.82, 2.24) is 4.90 Å². The van der Waals surface area contributed by atoms with Gasteiger partial charge < -0.3 is 10.2 Å². The van der Waals surface area contributed by atoms with E-state index in [2.05, 4.69) is 5.32 Å². The van der Waals surface area contributed by atoms with Gasteiger partial charge in [0.15, 0.2) is 0 Å². The highest BCUT2D eigenvalue weighted by molar-refractivity contribution is 8.00. The van der Waals surface area contributed by atoms with E-state index in [1.54, 1.807) is 20.2 Å². The molecular formula is C19H16F6N2O2S. The number of nitrogens with one attached hydrogen (secondary N) is 1. The summed E-state index contributed by atoms with van der Waals surface area (Å²) in [5, 5.41) is 2.09. The van der Waals surface area contributed by atoms with Crippen molar-refractivity contribution in [3.8, 4) is 0 Å². The van der Waals surface area contributed by atoms with Crippen LogP contribution in [0.3, 0.4) is 0 Å². The number of anilines is 1. The summed E-state index contributed by atoms with van der Waals surface area (Å²) in [6.45, 7) is 0. The summed E-state index contributed by atoms with van der Waals surface area (Å²) in [5.74, 6) is -1.13. The third-order valence-corrected chi connectivity index (χ3v) is 4.89. The van der Waals surface area contributed by atoms with Crippen LogP contribution in [0.1, 0.15) is 21.5 Å². The van der Waals surface area contributed by atoms with Crippen LogP contribution in [0.4, 0.5) is 32.0 Å². The molecule has 0 radical (unpaired) electrons. The fraction of sp³-hybridized carbons (Fsp3) is 0.263. The van der Waals surface area contributed by atoms with Gasteiger partial charge in [-0.1, -0.05) is 12.1 Å². The normalized spacial score (nSPS) is 11.9. The molecule has 0 aliphatic carbocycles. The predicted octanol–water partition coefficient (Wildman–Crippen LogP) is 5.16.